The van der Waals surface area contributed by atoms with Gasteiger partial charge >= 0.3 is 0 Å². The van der Waals surface area contributed by atoms with Crippen LogP contribution in [0.1, 0.15) is 25.7 Å². The van der Waals surface area contributed by atoms with Gasteiger partial charge in [0.25, 0.3) is 0 Å². The molecule has 1 aliphatic carbocycles. The third-order valence-electron chi connectivity index (χ3n) is 3.72. The topological polar surface area (TPSA) is 3.24 Å². The van der Waals surface area contributed by atoms with Crippen LogP contribution in [0.4, 0.5) is 0 Å². The molecule has 2 unspecified atom stereocenters. The molecule has 0 spiro atoms. The molecule has 76 valence electrons. The van der Waals surface area contributed by atoms with Gasteiger partial charge in [0.05, 0.1) is 0 Å². The summed E-state index contributed by atoms with van der Waals surface area (Å²) in [4.78, 5) is 2.40. The van der Waals surface area contributed by atoms with E-state index >= 15 is 0 Å². The Morgan fingerprint density at radius 1 is 1.21 bits per heavy atom. The lowest BCUT2D eigenvalue weighted by Crippen LogP contribution is -2.33. The Labute approximate surface area is 86.8 Å². The first kappa shape index (κ1) is 9.57. The van der Waals surface area contributed by atoms with Gasteiger partial charge < -0.3 is 4.90 Å². The zero-order valence-electron chi connectivity index (χ0n) is 9.00. The Kier molecular flexibility index (Phi) is 2.49. The van der Waals surface area contributed by atoms with Crippen molar-refractivity contribution in [1.82, 2.24) is 4.90 Å². The monoisotopic (exact) mass is 189 g/mol. The zero-order valence-corrected chi connectivity index (χ0v) is 9.00. The summed E-state index contributed by atoms with van der Waals surface area (Å²) in [6.45, 7) is 7.84. The molecule has 0 saturated heterocycles. The highest BCUT2D eigenvalue weighted by Crippen LogP contribution is 2.42. The van der Waals surface area contributed by atoms with E-state index in [0.29, 0.717) is 6.04 Å². The van der Waals surface area contributed by atoms with Crippen LogP contribution in [0, 0.1) is 5.92 Å². The molecule has 1 aliphatic heterocycles. The van der Waals surface area contributed by atoms with Crippen molar-refractivity contribution < 1.29 is 0 Å². The Balaban J connectivity index is 2.35. The minimum Gasteiger partial charge on any atom is -0.371 e. The first-order valence-corrected chi connectivity index (χ1v) is 5.51. The molecule has 0 radical (unpaired) electrons. The summed E-state index contributed by atoms with van der Waals surface area (Å²) in [6, 6.07) is 0.713. The number of hydrogen-bond acceptors (Lipinski definition) is 1. The molecular formula is C13H19N. The van der Waals surface area contributed by atoms with Crippen molar-refractivity contribution in [2.45, 2.75) is 31.7 Å². The lowest BCUT2D eigenvalue weighted by atomic mass is 9.82. The van der Waals surface area contributed by atoms with Gasteiger partial charge in [-0.1, -0.05) is 32.1 Å². The summed E-state index contributed by atoms with van der Waals surface area (Å²) in [5.41, 5.74) is 2.73. The number of fused-ring (bicyclic) bond motifs is 1. The van der Waals surface area contributed by atoms with E-state index in [0.717, 1.165) is 5.92 Å². The minimum absolute atomic E-state index is 0.713. The maximum absolute atomic E-state index is 3.93. The molecule has 2 aliphatic rings. The van der Waals surface area contributed by atoms with Crippen molar-refractivity contribution in [1.29, 1.82) is 0 Å². The number of nitrogens with zero attached hydrogens (tertiary/aromatic N) is 1. The molecule has 0 aromatic carbocycles. The summed E-state index contributed by atoms with van der Waals surface area (Å²) in [7, 11) is 2.19. The van der Waals surface area contributed by atoms with Crippen molar-refractivity contribution in [3.63, 3.8) is 0 Å². The van der Waals surface area contributed by atoms with Crippen LogP contribution in [0.25, 0.3) is 0 Å². The molecule has 0 N–H and O–H groups in total. The fraction of sp³-hybridized carbons (Fsp3) is 0.538. The van der Waals surface area contributed by atoms with Gasteiger partial charge in [-0.25, -0.2) is 0 Å². The van der Waals surface area contributed by atoms with E-state index in [-0.39, 0.29) is 0 Å². The fourth-order valence-corrected chi connectivity index (χ4v) is 3.03. The highest BCUT2D eigenvalue weighted by molar-refractivity contribution is 5.38. The van der Waals surface area contributed by atoms with Crippen LogP contribution in [0.15, 0.2) is 36.6 Å². The van der Waals surface area contributed by atoms with E-state index in [1.54, 1.807) is 0 Å². The summed E-state index contributed by atoms with van der Waals surface area (Å²) in [5, 5.41) is 0. The second-order valence-corrected chi connectivity index (χ2v) is 4.32. The number of rotatable bonds is 2. The zero-order chi connectivity index (χ0) is 10.1. The van der Waals surface area contributed by atoms with Crippen molar-refractivity contribution in [2.24, 2.45) is 5.92 Å². The maximum atomic E-state index is 3.93. The predicted octanol–water partition coefficient (Wildman–Crippen LogP) is 3.12. The van der Waals surface area contributed by atoms with E-state index < -0.39 is 0 Å². The van der Waals surface area contributed by atoms with Crippen LogP contribution in [-0.4, -0.2) is 18.0 Å². The van der Waals surface area contributed by atoms with Crippen LogP contribution < -0.4 is 0 Å². The second kappa shape index (κ2) is 3.64. The molecule has 1 heteroatoms. The van der Waals surface area contributed by atoms with Crippen molar-refractivity contribution in [3.05, 3.63) is 36.6 Å². The van der Waals surface area contributed by atoms with Gasteiger partial charge in [-0.3, -0.25) is 0 Å². The fourth-order valence-electron chi connectivity index (χ4n) is 3.03. The first-order valence-electron chi connectivity index (χ1n) is 5.51. The molecule has 2 atom stereocenters. The van der Waals surface area contributed by atoms with Crippen LogP contribution in [0.2, 0.25) is 0 Å². The Bertz CT molecular complexity index is 288. The molecule has 0 amide bonds. The van der Waals surface area contributed by atoms with E-state index in [4.69, 9.17) is 0 Å². The van der Waals surface area contributed by atoms with E-state index in [1.807, 2.05) is 12.2 Å². The van der Waals surface area contributed by atoms with Gasteiger partial charge in [0.1, 0.15) is 0 Å². The number of hydrogen-bond donors (Lipinski definition) is 0. The largest absolute Gasteiger partial charge is 0.371 e. The molecule has 14 heavy (non-hydrogen) atoms. The number of allylic oxidation sites excluding steroid dienone is 2. The second-order valence-electron chi connectivity index (χ2n) is 4.32. The highest BCUT2D eigenvalue weighted by atomic mass is 15.2. The molecule has 0 aromatic heterocycles. The molecule has 1 heterocycles. The van der Waals surface area contributed by atoms with Gasteiger partial charge in [0.15, 0.2) is 0 Å². The van der Waals surface area contributed by atoms with Gasteiger partial charge in [-0.05, 0) is 24.5 Å². The molecule has 2 rings (SSSR count). The summed E-state index contributed by atoms with van der Waals surface area (Å²) in [5.74, 6) is 0.722. The van der Waals surface area contributed by atoms with Crippen LogP contribution >= 0.6 is 0 Å². The van der Waals surface area contributed by atoms with E-state index in [1.165, 1.54) is 37.0 Å². The molecule has 0 bridgehead atoms. The van der Waals surface area contributed by atoms with Crippen molar-refractivity contribution in [3.8, 4) is 0 Å². The lowest BCUT2D eigenvalue weighted by molar-refractivity contribution is 0.223. The van der Waals surface area contributed by atoms with Gasteiger partial charge in [0, 0.05) is 24.7 Å². The molecular weight excluding hydrogens is 170 g/mol. The third-order valence-corrected chi connectivity index (χ3v) is 3.72. The summed E-state index contributed by atoms with van der Waals surface area (Å²) in [6.07, 6.45) is 9.42. The standard InChI is InChI=1S/C13H19N/c1-4-10-11-8-6-7-9-13(11)14(3)12(10)5-2/h4-5,11,13H,1-2,6-9H2,3H3. The average molecular weight is 189 g/mol. The first-order chi connectivity index (χ1) is 6.79. The van der Waals surface area contributed by atoms with Gasteiger partial charge in [0.2, 0.25) is 0 Å². The average Bonchev–Trinajstić information content (AvgIpc) is 2.51. The molecule has 1 nitrogen and oxygen atoms in total. The molecule has 0 aromatic rings. The summed E-state index contributed by atoms with van der Waals surface area (Å²) >= 11 is 0. The van der Waals surface area contributed by atoms with Gasteiger partial charge in [-0.15, -0.1) is 0 Å². The molecule has 1 fully saturated rings. The lowest BCUT2D eigenvalue weighted by Gasteiger charge is -2.32. The van der Waals surface area contributed by atoms with Gasteiger partial charge in [-0.2, -0.15) is 0 Å². The quantitative estimate of drug-likeness (QED) is 0.645. The SMILES string of the molecule is C=CC1=C(C=C)N(C)C2CCCCC12. The highest BCUT2D eigenvalue weighted by Gasteiger charge is 2.37. The van der Waals surface area contributed by atoms with Crippen LogP contribution in [0.3, 0.4) is 0 Å². The summed E-state index contributed by atoms with van der Waals surface area (Å²) < 4.78 is 0. The smallest absolute Gasteiger partial charge is 0.0396 e. The van der Waals surface area contributed by atoms with Crippen LogP contribution in [0.5, 0.6) is 0 Å². The Morgan fingerprint density at radius 3 is 2.57 bits per heavy atom. The van der Waals surface area contributed by atoms with E-state index in [9.17, 15) is 0 Å². The third kappa shape index (κ3) is 1.23. The van der Waals surface area contributed by atoms with Crippen molar-refractivity contribution in [2.75, 3.05) is 7.05 Å². The molecule has 1 saturated carbocycles. The predicted molar refractivity (Wildman–Crippen MR) is 60.9 cm³/mol. The maximum Gasteiger partial charge on any atom is 0.0396 e. The Morgan fingerprint density at radius 2 is 1.93 bits per heavy atom. The van der Waals surface area contributed by atoms with E-state index in [2.05, 4.69) is 25.1 Å². The van der Waals surface area contributed by atoms with Crippen LogP contribution in [-0.2, 0) is 0 Å². The normalized spacial score (nSPS) is 31.6. The minimum atomic E-state index is 0.713. The Hall–Kier alpha value is -0.980. The number of likely N-dealkylation sites (N-methyl/N-ethyl adjacent to an activating group) is 1. The van der Waals surface area contributed by atoms with Crippen molar-refractivity contribution >= 4 is 0 Å².